The first-order valence-electron chi connectivity index (χ1n) is 7.93. The number of ketones is 1. The molecule has 0 spiro atoms. The molecule has 0 saturated carbocycles. The molecule has 0 N–H and O–H groups in total. The van der Waals surface area contributed by atoms with E-state index in [0.717, 1.165) is 10.0 Å². The van der Waals surface area contributed by atoms with Crippen LogP contribution < -0.4 is 0 Å². The number of halogens is 1. The van der Waals surface area contributed by atoms with Crippen LogP contribution in [-0.2, 0) is 4.79 Å². The number of carbonyl (C=O) groups excluding carboxylic acids is 2. The van der Waals surface area contributed by atoms with Crippen LogP contribution in [0.25, 0.3) is 0 Å². The van der Waals surface area contributed by atoms with Crippen molar-refractivity contribution in [3.8, 4) is 0 Å². The van der Waals surface area contributed by atoms with Crippen LogP contribution >= 0.6 is 15.9 Å². The summed E-state index contributed by atoms with van der Waals surface area (Å²) in [6.45, 7) is 1.99. The van der Waals surface area contributed by atoms with Crippen LogP contribution in [0.3, 0.4) is 0 Å². The van der Waals surface area contributed by atoms with Gasteiger partial charge >= 0.3 is 0 Å². The van der Waals surface area contributed by atoms with Crippen molar-refractivity contribution in [2.45, 2.75) is 32.2 Å². The van der Waals surface area contributed by atoms with Crippen LogP contribution in [0.2, 0.25) is 0 Å². The van der Waals surface area contributed by atoms with E-state index in [0.29, 0.717) is 24.8 Å². The zero-order valence-corrected chi connectivity index (χ0v) is 15.5. The number of carbonyl (C=O) groups is 2. The standard InChI is InChI=1S/C19H21BrN2O2/c1-14(15-10-12-21-13-11-15)22(2)19(24)5-3-4-18(23)16-6-8-17(20)9-7-16/h6-14H,3-5H2,1-2H3/t14-/m0/s1. The number of aromatic nitrogens is 1. The second-order valence-corrected chi connectivity index (χ2v) is 6.66. The molecule has 1 aromatic carbocycles. The number of nitrogens with zero attached hydrogens (tertiary/aromatic N) is 2. The monoisotopic (exact) mass is 388 g/mol. The molecule has 1 amide bonds. The van der Waals surface area contributed by atoms with Crippen LogP contribution in [0.4, 0.5) is 0 Å². The molecular weight excluding hydrogens is 368 g/mol. The first-order valence-corrected chi connectivity index (χ1v) is 8.72. The highest BCUT2D eigenvalue weighted by Crippen LogP contribution is 2.19. The maximum absolute atomic E-state index is 12.3. The fraction of sp³-hybridized carbons (Fsp3) is 0.316. The molecule has 4 nitrogen and oxygen atoms in total. The van der Waals surface area contributed by atoms with Gasteiger partial charge in [0.05, 0.1) is 6.04 Å². The fourth-order valence-electron chi connectivity index (χ4n) is 2.44. The molecule has 2 aromatic rings. The highest BCUT2D eigenvalue weighted by molar-refractivity contribution is 9.10. The molecule has 0 unspecified atom stereocenters. The van der Waals surface area contributed by atoms with E-state index in [4.69, 9.17) is 0 Å². The van der Waals surface area contributed by atoms with E-state index >= 15 is 0 Å². The predicted molar refractivity (Wildman–Crippen MR) is 97.7 cm³/mol. The van der Waals surface area contributed by atoms with Crippen molar-refractivity contribution in [3.63, 3.8) is 0 Å². The molecule has 0 aliphatic carbocycles. The normalized spacial score (nSPS) is 11.8. The van der Waals surface area contributed by atoms with Gasteiger partial charge in [-0.05, 0) is 43.2 Å². The Labute approximate surface area is 151 Å². The average molecular weight is 389 g/mol. The summed E-state index contributed by atoms with van der Waals surface area (Å²) in [7, 11) is 1.80. The van der Waals surface area contributed by atoms with Crippen molar-refractivity contribution in [3.05, 3.63) is 64.4 Å². The Morgan fingerprint density at radius 1 is 1.08 bits per heavy atom. The summed E-state index contributed by atoms with van der Waals surface area (Å²) in [6, 6.07) is 11.1. The van der Waals surface area contributed by atoms with Gasteiger partial charge in [0.1, 0.15) is 0 Å². The van der Waals surface area contributed by atoms with Crippen molar-refractivity contribution in [1.29, 1.82) is 0 Å². The van der Waals surface area contributed by atoms with Gasteiger partial charge in [0.2, 0.25) is 5.91 Å². The Morgan fingerprint density at radius 2 is 1.71 bits per heavy atom. The lowest BCUT2D eigenvalue weighted by molar-refractivity contribution is -0.131. The largest absolute Gasteiger partial charge is 0.339 e. The van der Waals surface area contributed by atoms with E-state index < -0.39 is 0 Å². The second-order valence-electron chi connectivity index (χ2n) is 5.74. The van der Waals surface area contributed by atoms with Crippen molar-refractivity contribution in [1.82, 2.24) is 9.88 Å². The van der Waals surface area contributed by atoms with E-state index in [-0.39, 0.29) is 17.7 Å². The van der Waals surface area contributed by atoms with Crippen LogP contribution in [0.5, 0.6) is 0 Å². The van der Waals surface area contributed by atoms with E-state index in [9.17, 15) is 9.59 Å². The Hall–Kier alpha value is -2.01. The van der Waals surface area contributed by atoms with Gasteiger partial charge in [-0.1, -0.05) is 28.1 Å². The van der Waals surface area contributed by atoms with E-state index in [1.54, 1.807) is 36.5 Å². The topological polar surface area (TPSA) is 50.3 Å². The third kappa shape index (κ3) is 4.99. The molecule has 0 radical (unpaired) electrons. The third-order valence-electron chi connectivity index (χ3n) is 4.12. The van der Waals surface area contributed by atoms with Gasteiger partial charge in [-0.2, -0.15) is 0 Å². The van der Waals surface area contributed by atoms with Crippen molar-refractivity contribution in [2.75, 3.05) is 7.05 Å². The number of hydrogen-bond acceptors (Lipinski definition) is 3. The molecule has 24 heavy (non-hydrogen) atoms. The number of rotatable bonds is 7. The minimum Gasteiger partial charge on any atom is -0.339 e. The molecule has 0 bridgehead atoms. The Bertz CT molecular complexity index is 686. The number of pyridine rings is 1. The molecule has 1 aromatic heterocycles. The highest BCUT2D eigenvalue weighted by Gasteiger charge is 2.17. The van der Waals surface area contributed by atoms with Gasteiger partial charge < -0.3 is 4.90 Å². The Balaban J connectivity index is 1.82. The summed E-state index contributed by atoms with van der Waals surface area (Å²) in [4.78, 5) is 30.1. The van der Waals surface area contributed by atoms with Gasteiger partial charge in [-0.25, -0.2) is 0 Å². The molecule has 2 rings (SSSR count). The minimum absolute atomic E-state index is 0.0114. The molecule has 0 aliphatic rings. The molecule has 0 aliphatic heterocycles. The van der Waals surface area contributed by atoms with Crippen molar-refractivity contribution >= 4 is 27.6 Å². The summed E-state index contributed by atoms with van der Waals surface area (Å²) in [5.74, 6) is 0.114. The molecular formula is C19H21BrN2O2. The van der Waals surface area contributed by atoms with Gasteiger partial charge in [0.15, 0.2) is 5.78 Å². The second kappa shape index (κ2) is 8.73. The van der Waals surface area contributed by atoms with Gasteiger partial charge in [0, 0.05) is 42.3 Å². The molecule has 0 fully saturated rings. The van der Waals surface area contributed by atoms with Crippen molar-refractivity contribution < 1.29 is 9.59 Å². The van der Waals surface area contributed by atoms with Gasteiger partial charge in [-0.15, -0.1) is 0 Å². The first kappa shape index (κ1) is 18.3. The quantitative estimate of drug-likeness (QED) is 0.659. The number of benzene rings is 1. The van der Waals surface area contributed by atoms with Crippen LogP contribution in [0.1, 0.15) is 48.1 Å². The maximum Gasteiger partial charge on any atom is 0.222 e. The summed E-state index contributed by atoms with van der Waals surface area (Å²) < 4.78 is 0.945. The summed E-state index contributed by atoms with van der Waals surface area (Å²) >= 11 is 3.35. The predicted octanol–water partition coefficient (Wildman–Crippen LogP) is 4.42. The lowest BCUT2D eigenvalue weighted by Crippen LogP contribution is -2.29. The zero-order valence-electron chi connectivity index (χ0n) is 13.9. The van der Waals surface area contributed by atoms with Crippen molar-refractivity contribution in [2.24, 2.45) is 0 Å². The minimum atomic E-state index is -0.0114. The Morgan fingerprint density at radius 3 is 2.33 bits per heavy atom. The number of amides is 1. The van der Waals surface area contributed by atoms with E-state index in [1.807, 2.05) is 31.2 Å². The van der Waals surface area contributed by atoms with E-state index in [2.05, 4.69) is 20.9 Å². The van der Waals surface area contributed by atoms with Gasteiger partial charge in [0.25, 0.3) is 0 Å². The fourth-order valence-corrected chi connectivity index (χ4v) is 2.70. The smallest absolute Gasteiger partial charge is 0.222 e. The lowest BCUT2D eigenvalue weighted by Gasteiger charge is -2.25. The summed E-state index contributed by atoms with van der Waals surface area (Å²) in [5, 5.41) is 0. The van der Waals surface area contributed by atoms with Crippen LogP contribution in [-0.4, -0.2) is 28.6 Å². The van der Waals surface area contributed by atoms with Crippen LogP contribution in [0.15, 0.2) is 53.3 Å². The Kier molecular flexibility index (Phi) is 6.67. The summed E-state index contributed by atoms with van der Waals surface area (Å²) in [5.41, 5.74) is 1.73. The van der Waals surface area contributed by atoms with E-state index in [1.165, 1.54) is 0 Å². The third-order valence-corrected chi connectivity index (χ3v) is 4.65. The highest BCUT2D eigenvalue weighted by atomic mass is 79.9. The molecule has 1 atom stereocenters. The molecule has 1 heterocycles. The summed E-state index contributed by atoms with van der Waals surface area (Å²) in [6.07, 6.45) is 4.75. The zero-order chi connectivity index (χ0) is 17.5. The maximum atomic E-state index is 12.3. The molecule has 126 valence electrons. The lowest BCUT2D eigenvalue weighted by atomic mass is 10.0. The molecule has 0 saturated heterocycles. The van der Waals surface area contributed by atoms with Gasteiger partial charge in [-0.3, -0.25) is 14.6 Å². The van der Waals surface area contributed by atoms with Crippen LogP contribution in [0, 0.1) is 0 Å². The first-order chi connectivity index (χ1) is 11.5. The SMILES string of the molecule is C[C@@H](c1ccncc1)N(C)C(=O)CCCC(=O)c1ccc(Br)cc1. The number of Topliss-reactive ketones (excluding diaryl/α,β-unsaturated/α-hetero) is 1. The number of hydrogen-bond donors (Lipinski definition) is 0. The molecule has 5 heteroatoms. The average Bonchev–Trinajstić information content (AvgIpc) is 2.61.